The van der Waals surface area contributed by atoms with Crippen molar-refractivity contribution in [3.63, 3.8) is 0 Å². The Labute approximate surface area is 179 Å². The number of anilines is 2. The fraction of sp³-hybridized carbons (Fsp3) is 0.174. The molecule has 0 radical (unpaired) electrons. The van der Waals surface area contributed by atoms with Gasteiger partial charge in [-0.2, -0.15) is 0 Å². The van der Waals surface area contributed by atoms with Gasteiger partial charge in [-0.25, -0.2) is 4.98 Å². The maximum atomic E-state index is 12.6. The molecule has 0 saturated heterocycles. The Bertz CT molecular complexity index is 1120. The average Bonchev–Trinajstić information content (AvgIpc) is 3.43. The van der Waals surface area contributed by atoms with E-state index in [0.717, 1.165) is 34.1 Å². The maximum Gasteiger partial charge on any atom is 0.291 e. The molecule has 4 aromatic heterocycles. The van der Waals surface area contributed by atoms with Crippen LogP contribution in [0.25, 0.3) is 0 Å². The third kappa shape index (κ3) is 4.41. The number of furan rings is 1. The molecule has 0 aliphatic heterocycles. The fourth-order valence-corrected chi connectivity index (χ4v) is 4.21. The van der Waals surface area contributed by atoms with Crippen molar-refractivity contribution in [1.29, 1.82) is 0 Å². The molecule has 4 heterocycles. The zero-order valence-corrected chi connectivity index (χ0v) is 17.6. The largest absolute Gasteiger partial charge is 0.459 e. The number of thiophene rings is 1. The standard InChI is InChI=1S/C23H22N4O2S/c1-3-17-13-18(23(30-17)27-22(28)19-9-6-12-29-19)21(16-8-5-11-24-14-16)26-20-10-4-7-15(2)25-20/h4-14,21H,3H2,1-2H3,(H,25,26)(H,27,28)/t21-/m0/s1. The molecule has 0 spiro atoms. The predicted molar refractivity (Wildman–Crippen MR) is 119 cm³/mol. The van der Waals surface area contributed by atoms with E-state index in [1.165, 1.54) is 11.1 Å². The van der Waals surface area contributed by atoms with Crippen LogP contribution in [-0.4, -0.2) is 15.9 Å². The lowest BCUT2D eigenvalue weighted by atomic mass is 10.0. The van der Waals surface area contributed by atoms with E-state index in [4.69, 9.17) is 4.42 Å². The van der Waals surface area contributed by atoms with Gasteiger partial charge in [-0.15, -0.1) is 11.3 Å². The molecular formula is C23H22N4O2S. The summed E-state index contributed by atoms with van der Waals surface area (Å²) < 4.78 is 5.25. The average molecular weight is 419 g/mol. The SMILES string of the molecule is CCc1cc([C@@H](Nc2cccc(C)n2)c2cccnc2)c(NC(=O)c2ccco2)s1. The minimum absolute atomic E-state index is 0.226. The monoisotopic (exact) mass is 418 g/mol. The van der Waals surface area contributed by atoms with Crippen LogP contribution in [0.2, 0.25) is 0 Å². The Kier molecular flexibility index (Phi) is 5.90. The van der Waals surface area contributed by atoms with E-state index in [1.54, 1.807) is 29.7 Å². The fourth-order valence-electron chi connectivity index (χ4n) is 3.18. The van der Waals surface area contributed by atoms with Crippen LogP contribution < -0.4 is 10.6 Å². The summed E-state index contributed by atoms with van der Waals surface area (Å²) in [5.41, 5.74) is 2.87. The summed E-state index contributed by atoms with van der Waals surface area (Å²) in [6, 6.07) is 15.0. The molecule has 4 rings (SSSR count). The van der Waals surface area contributed by atoms with Crippen LogP contribution in [0.4, 0.5) is 10.8 Å². The Balaban J connectivity index is 1.74. The Morgan fingerprint density at radius 3 is 2.80 bits per heavy atom. The summed E-state index contributed by atoms with van der Waals surface area (Å²) in [6.07, 6.45) is 5.94. The van der Waals surface area contributed by atoms with Gasteiger partial charge in [0, 0.05) is 28.5 Å². The van der Waals surface area contributed by atoms with Crippen LogP contribution in [0.15, 0.2) is 71.6 Å². The van der Waals surface area contributed by atoms with E-state index < -0.39 is 0 Å². The number of amides is 1. The van der Waals surface area contributed by atoms with Gasteiger partial charge in [0.05, 0.1) is 12.3 Å². The maximum absolute atomic E-state index is 12.6. The van der Waals surface area contributed by atoms with E-state index in [-0.39, 0.29) is 17.7 Å². The molecule has 0 bridgehead atoms. The lowest BCUT2D eigenvalue weighted by Crippen LogP contribution is -2.17. The number of carbonyl (C=O) groups is 1. The molecule has 4 aromatic rings. The number of pyridine rings is 2. The molecule has 2 N–H and O–H groups in total. The highest BCUT2D eigenvalue weighted by atomic mass is 32.1. The second-order valence-electron chi connectivity index (χ2n) is 6.81. The van der Waals surface area contributed by atoms with E-state index in [9.17, 15) is 4.79 Å². The summed E-state index contributed by atoms with van der Waals surface area (Å²) in [5, 5.41) is 7.32. The van der Waals surface area contributed by atoms with Gasteiger partial charge in [-0.3, -0.25) is 9.78 Å². The van der Waals surface area contributed by atoms with Crippen molar-refractivity contribution >= 4 is 28.1 Å². The molecule has 0 fully saturated rings. The van der Waals surface area contributed by atoms with Crippen LogP contribution in [0.1, 0.15) is 45.2 Å². The molecule has 7 heteroatoms. The van der Waals surface area contributed by atoms with Crippen LogP contribution in [-0.2, 0) is 6.42 Å². The molecule has 152 valence electrons. The normalized spacial score (nSPS) is 11.8. The van der Waals surface area contributed by atoms with Gasteiger partial charge in [0.15, 0.2) is 5.76 Å². The molecule has 0 aliphatic rings. The van der Waals surface area contributed by atoms with Crippen LogP contribution >= 0.6 is 11.3 Å². The summed E-state index contributed by atoms with van der Waals surface area (Å²) in [4.78, 5) is 22.7. The molecular weight excluding hydrogens is 396 g/mol. The Morgan fingerprint density at radius 2 is 2.10 bits per heavy atom. The third-order valence-corrected chi connectivity index (χ3v) is 5.85. The zero-order chi connectivity index (χ0) is 20.9. The van der Waals surface area contributed by atoms with Gasteiger partial charge < -0.3 is 15.1 Å². The van der Waals surface area contributed by atoms with E-state index in [1.807, 2.05) is 43.5 Å². The number of carbonyl (C=O) groups excluding carboxylic acids is 1. The van der Waals surface area contributed by atoms with Crippen molar-refractivity contribution in [2.75, 3.05) is 10.6 Å². The molecule has 0 saturated carbocycles. The van der Waals surface area contributed by atoms with Gasteiger partial charge in [-0.1, -0.05) is 19.1 Å². The number of hydrogen-bond donors (Lipinski definition) is 2. The quantitative estimate of drug-likeness (QED) is 0.417. The smallest absolute Gasteiger partial charge is 0.291 e. The lowest BCUT2D eigenvalue weighted by Gasteiger charge is -2.21. The minimum atomic E-state index is -0.274. The van der Waals surface area contributed by atoms with E-state index in [2.05, 4.69) is 33.6 Å². The zero-order valence-electron chi connectivity index (χ0n) is 16.8. The first kappa shape index (κ1) is 19.8. The van der Waals surface area contributed by atoms with E-state index >= 15 is 0 Å². The van der Waals surface area contributed by atoms with Gasteiger partial charge in [0.2, 0.25) is 0 Å². The van der Waals surface area contributed by atoms with Crippen LogP contribution in [0, 0.1) is 6.92 Å². The molecule has 0 aromatic carbocycles. The van der Waals surface area contributed by atoms with Crippen LogP contribution in [0.3, 0.4) is 0 Å². The van der Waals surface area contributed by atoms with Crippen molar-refractivity contribution in [2.24, 2.45) is 0 Å². The first-order valence-electron chi connectivity index (χ1n) is 9.71. The van der Waals surface area contributed by atoms with E-state index in [0.29, 0.717) is 0 Å². The second-order valence-corrected chi connectivity index (χ2v) is 7.95. The van der Waals surface area contributed by atoms with Gasteiger partial charge in [-0.05, 0) is 55.3 Å². The number of rotatable bonds is 7. The topological polar surface area (TPSA) is 80.0 Å². The Hall–Kier alpha value is -3.45. The van der Waals surface area contributed by atoms with Gasteiger partial charge in [0.25, 0.3) is 5.91 Å². The first-order chi connectivity index (χ1) is 14.6. The van der Waals surface area contributed by atoms with Crippen molar-refractivity contribution < 1.29 is 9.21 Å². The predicted octanol–water partition coefficient (Wildman–Crippen LogP) is 5.46. The third-order valence-electron chi connectivity index (χ3n) is 4.64. The highest BCUT2D eigenvalue weighted by molar-refractivity contribution is 7.16. The van der Waals surface area contributed by atoms with Crippen molar-refractivity contribution in [3.8, 4) is 0 Å². The number of nitrogens with one attached hydrogen (secondary N) is 2. The number of aryl methyl sites for hydroxylation is 2. The molecule has 0 aliphatic carbocycles. The molecule has 1 amide bonds. The van der Waals surface area contributed by atoms with Gasteiger partial charge >= 0.3 is 0 Å². The molecule has 1 atom stereocenters. The minimum Gasteiger partial charge on any atom is -0.459 e. The summed E-state index contributed by atoms with van der Waals surface area (Å²) in [6.45, 7) is 4.06. The van der Waals surface area contributed by atoms with Gasteiger partial charge in [0.1, 0.15) is 10.8 Å². The number of nitrogens with zero attached hydrogens (tertiary/aromatic N) is 2. The van der Waals surface area contributed by atoms with Crippen LogP contribution in [0.5, 0.6) is 0 Å². The first-order valence-corrected chi connectivity index (χ1v) is 10.5. The summed E-state index contributed by atoms with van der Waals surface area (Å²) >= 11 is 1.57. The second kappa shape index (κ2) is 8.92. The Morgan fingerprint density at radius 1 is 1.20 bits per heavy atom. The molecule has 6 nitrogen and oxygen atoms in total. The molecule has 30 heavy (non-hydrogen) atoms. The summed E-state index contributed by atoms with van der Waals surface area (Å²) in [7, 11) is 0. The number of aromatic nitrogens is 2. The lowest BCUT2D eigenvalue weighted by molar-refractivity contribution is 0.0997. The summed E-state index contributed by atoms with van der Waals surface area (Å²) in [5.74, 6) is 0.763. The van der Waals surface area contributed by atoms with Crippen molar-refractivity contribution in [1.82, 2.24) is 9.97 Å². The van der Waals surface area contributed by atoms with Crippen molar-refractivity contribution in [2.45, 2.75) is 26.3 Å². The highest BCUT2D eigenvalue weighted by Gasteiger charge is 2.23. The van der Waals surface area contributed by atoms with Crippen molar-refractivity contribution in [3.05, 3.63) is 94.6 Å². The highest BCUT2D eigenvalue weighted by Crippen LogP contribution is 2.38. The molecule has 0 unspecified atom stereocenters. The number of hydrogen-bond acceptors (Lipinski definition) is 6.